The van der Waals surface area contributed by atoms with Crippen molar-refractivity contribution in [2.24, 2.45) is 0 Å². The zero-order valence-electron chi connectivity index (χ0n) is 16.4. The van der Waals surface area contributed by atoms with Crippen molar-refractivity contribution in [3.63, 3.8) is 0 Å². The normalized spacial score (nSPS) is 17.7. The van der Waals surface area contributed by atoms with Crippen LogP contribution in [0.2, 0.25) is 5.02 Å². The molecule has 1 saturated heterocycles. The molecule has 0 atom stereocenters. The molecule has 2 fully saturated rings. The molecule has 3 heterocycles. The van der Waals surface area contributed by atoms with Gasteiger partial charge in [-0.15, -0.1) is 0 Å². The summed E-state index contributed by atoms with van der Waals surface area (Å²) in [5.74, 6) is 0.207. The van der Waals surface area contributed by atoms with Crippen LogP contribution in [0, 0.1) is 6.92 Å². The van der Waals surface area contributed by atoms with E-state index in [2.05, 4.69) is 15.7 Å². The number of halogens is 1. The Morgan fingerprint density at radius 1 is 1.33 bits per heavy atom. The molecule has 3 aromatic rings. The number of aryl methyl sites for hydroxylation is 1. The first-order chi connectivity index (χ1) is 14.5. The van der Waals surface area contributed by atoms with Gasteiger partial charge in [-0.3, -0.25) is 14.9 Å². The summed E-state index contributed by atoms with van der Waals surface area (Å²) in [6.45, 7) is 2.04. The number of nitrogens with one attached hydrogen (secondary N) is 2. The molecule has 0 spiro atoms. The number of carbonyl (C=O) groups is 2. The number of aromatic nitrogens is 3. The lowest BCUT2D eigenvalue weighted by atomic mass is 10.0. The monoisotopic (exact) mass is 421 g/mol. The Kier molecular flexibility index (Phi) is 4.55. The van der Waals surface area contributed by atoms with Gasteiger partial charge in [-0.05, 0) is 43.0 Å². The molecule has 1 saturated carbocycles. The average molecular weight is 422 g/mol. The Balaban J connectivity index is 1.60. The standard InChI is InChI=1S/C22H20ClN5O2/c1-12-3-2-4-18(23)17(12)9-16-10-19(25-15-5-6-15)28-21(26-16)14(11-24-28)7-13-8-20(29)27-22(13)30/h2-4,7,10-11,15,25H,5-6,8-9H2,1H3,(H,27,29,30)/b13-7+. The Morgan fingerprint density at radius 3 is 2.87 bits per heavy atom. The van der Waals surface area contributed by atoms with Crippen molar-refractivity contribution in [1.29, 1.82) is 0 Å². The zero-order chi connectivity index (χ0) is 20.8. The van der Waals surface area contributed by atoms with Crippen LogP contribution in [0.1, 0.15) is 41.6 Å². The van der Waals surface area contributed by atoms with Crippen molar-refractivity contribution in [3.8, 4) is 0 Å². The maximum Gasteiger partial charge on any atom is 0.254 e. The van der Waals surface area contributed by atoms with Gasteiger partial charge in [0.05, 0.1) is 18.3 Å². The largest absolute Gasteiger partial charge is 0.367 e. The highest BCUT2D eigenvalue weighted by molar-refractivity contribution is 6.31. The highest BCUT2D eigenvalue weighted by Gasteiger charge is 2.26. The Bertz CT molecular complexity index is 1210. The summed E-state index contributed by atoms with van der Waals surface area (Å²) in [4.78, 5) is 28.3. The number of hydrogen-bond donors (Lipinski definition) is 2. The molecule has 8 heteroatoms. The molecule has 1 aliphatic carbocycles. The summed E-state index contributed by atoms with van der Waals surface area (Å²) in [5.41, 5.74) is 4.76. The van der Waals surface area contributed by atoms with Crippen LogP contribution in [-0.4, -0.2) is 32.5 Å². The Hall–Kier alpha value is -3.19. The van der Waals surface area contributed by atoms with Crippen molar-refractivity contribution in [1.82, 2.24) is 19.9 Å². The van der Waals surface area contributed by atoms with Gasteiger partial charge in [0, 0.05) is 34.7 Å². The number of rotatable bonds is 5. The average Bonchev–Trinajstić information content (AvgIpc) is 3.34. The molecule has 2 aromatic heterocycles. The molecule has 1 aliphatic heterocycles. The van der Waals surface area contributed by atoms with E-state index < -0.39 is 0 Å². The summed E-state index contributed by atoms with van der Waals surface area (Å²) >= 11 is 6.44. The van der Waals surface area contributed by atoms with Crippen LogP contribution in [0.4, 0.5) is 5.82 Å². The van der Waals surface area contributed by atoms with Crippen LogP contribution in [0.5, 0.6) is 0 Å². The molecule has 0 bridgehead atoms. The van der Waals surface area contributed by atoms with Gasteiger partial charge < -0.3 is 5.32 Å². The van der Waals surface area contributed by atoms with Gasteiger partial charge in [0.15, 0.2) is 5.65 Å². The predicted molar refractivity (Wildman–Crippen MR) is 114 cm³/mol. The van der Waals surface area contributed by atoms with Crippen LogP contribution >= 0.6 is 11.6 Å². The van der Waals surface area contributed by atoms with Crippen LogP contribution in [0.3, 0.4) is 0 Å². The minimum absolute atomic E-state index is 0.0713. The Labute approximate surface area is 178 Å². The van der Waals surface area contributed by atoms with Crippen LogP contribution < -0.4 is 10.6 Å². The summed E-state index contributed by atoms with van der Waals surface area (Å²) in [6, 6.07) is 8.30. The molecular formula is C22H20ClN5O2. The molecule has 5 rings (SSSR count). The van der Waals surface area contributed by atoms with Crippen molar-refractivity contribution in [2.45, 2.75) is 38.6 Å². The highest BCUT2D eigenvalue weighted by atomic mass is 35.5. The Morgan fingerprint density at radius 2 is 2.17 bits per heavy atom. The van der Waals surface area contributed by atoms with E-state index in [0.717, 1.165) is 35.5 Å². The van der Waals surface area contributed by atoms with E-state index in [1.54, 1.807) is 16.8 Å². The van der Waals surface area contributed by atoms with Gasteiger partial charge in [0.25, 0.3) is 5.91 Å². The number of benzene rings is 1. The van der Waals surface area contributed by atoms with Gasteiger partial charge in [0.2, 0.25) is 5.91 Å². The maximum absolute atomic E-state index is 12.0. The smallest absolute Gasteiger partial charge is 0.254 e. The molecule has 30 heavy (non-hydrogen) atoms. The van der Waals surface area contributed by atoms with Gasteiger partial charge in [-0.2, -0.15) is 9.61 Å². The van der Waals surface area contributed by atoms with E-state index in [0.29, 0.717) is 34.3 Å². The second kappa shape index (κ2) is 7.25. The lowest BCUT2D eigenvalue weighted by Gasteiger charge is -2.12. The van der Waals surface area contributed by atoms with Gasteiger partial charge >= 0.3 is 0 Å². The highest BCUT2D eigenvalue weighted by Crippen LogP contribution is 2.29. The third-order valence-corrected chi connectivity index (χ3v) is 5.77. The van der Waals surface area contributed by atoms with Crippen LogP contribution in [-0.2, 0) is 16.0 Å². The van der Waals surface area contributed by atoms with Crippen molar-refractivity contribution in [3.05, 3.63) is 63.4 Å². The minimum Gasteiger partial charge on any atom is -0.367 e. The molecule has 2 N–H and O–H groups in total. The van der Waals surface area contributed by atoms with Gasteiger partial charge in [0.1, 0.15) is 5.82 Å². The molecule has 2 aliphatic rings. The van der Waals surface area contributed by atoms with E-state index in [4.69, 9.17) is 16.6 Å². The fourth-order valence-corrected chi connectivity index (χ4v) is 3.93. The number of amides is 2. The van der Waals surface area contributed by atoms with Crippen molar-refractivity contribution >= 4 is 41.0 Å². The van der Waals surface area contributed by atoms with Gasteiger partial charge in [-0.25, -0.2) is 4.98 Å². The first kappa shape index (κ1) is 18.8. The third kappa shape index (κ3) is 3.57. The number of imide groups is 1. The molecule has 152 valence electrons. The fraction of sp³-hybridized carbons (Fsp3) is 0.273. The second-order valence-corrected chi connectivity index (χ2v) is 8.23. The summed E-state index contributed by atoms with van der Waals surface area (Å²) in [7, 11) is 0. The SMILES string of the molecule is Cc1cccc(Cl)c1Cc1cc(NC2CC2)n2ncc(/C=C3\CC(=O)NC3=O)c2n1. The number of fused-ring (bicyclic) bond motifs is 1. The van der Waals surface area contributed by atoms with E-state index in [1.165, 1.54) is 0 Å². The number of anilines is 1. The number of carbonyl (C=O) groups excluding carboxylic acids is 2. The predicted octanol–water partition coefficient (Wildman–Crippen LogP) is 3.29. The molecule has 0 unspecified atom stereocenters. The van der Waals surface area contributed by atoms with E-state index in [1.807, 2.05) is 31.2 Å². The number of hydrogen-bond acceptors (Lipinski definition) is 5. The maximum atomic E-state index is 12.0. The van der Waals surface area contributed by atoms with Crippen LogP contribution in [0.25, 0.3) is 11.7 Å². The van der Waals surface area contributed by atoms with E-state index in [9.17, 15) is 9.59 Å². The van der Waals surface area contributed by atoms with Crippen LogP contribution in [0.15, 0.2) is 36.0 Å². The van der Waals surface area contributed by atoms with E-state index >= 15 is 0 Å². The van der Waals surface area contributed by atoms with Gasteiger partial charge in [-0.1, -0.05) is 23.7 Å². The third-order valence-electron chi connectivity index (χ3n) is 5.42. The van der Waals surface area contributed by atoms with Crippen molar-refractivity contribution in [2.75, 3.05) is 5.32 Å². The lowest BCUT2D eigenvalue weighted by molar-refractivity contribution is -0.124. The molecule has 7 nitrogen and oxygen atoms in total. The topological polar surface area (TPSA) is 88.4 Å². The first-order valence-electron chi connectivity index (χ1n) is 9.91. The van der Waals surface area contributed by atoms with E-state index in [-0.39, 0.29) is 18.2 Å². The zero-order valence-corrected chi connectivity index (χ0v) is 17.2. The second-order valence-electron chi connectivity index (χ2n) is 7.82. The molecule has 0 radical (unpaired) electrons. The summed E-state index contributed by atoms with van der Waals surface area (Å²) < 4.78 is 1.75. The first-order valence-corrected chi connectivity index (χ1v) is 10.3. The fourth-order valence-electron chi connectivity index (χ4n) is 3.64. The summed E-state index contributed by atoms with van der Waals surface area (Å²) in [6.07, 6.45) is 6.28. The molecular weight excluding hydrogens is 402 g/mol. The lowest BCUT2D eigenvalue weighted by Crippen LogP contribution is -2.19. The quantitative estimate of drug-likeness (QED) is 0.487. The minimum atomic E-state index is -0.362. The summed E-state index contributed by atoms with van der Waals surface area (Å²) in [5, 5.41) is 11.0. The number of nitrogens with zero attached hydrogens (tertiary/aromatic N) is 3. The molecule has 1 aromatic carbocycles. The van der Waals surface area contributed by atoms with Crippen molar-refractivity contribution < 1.29 is 9.59 Å². The molecule has 2 amide bonds.